The lowest BCUT2D eigenvalue weighted by Gasteiger charge is -2.14. The highest BCUT2D eigenvalue weighted by Crippen LogP contribution is 2.34. The molecule has 2 heterocycles. The Labute approximate surface area is 166 Å². The summed E-state index contributed by atoms with van der Waals surface area (Å²) in [4.78, 5) is 64.4. The topological polar surface area (TPSA) is 162 Å². The third kappa shape index (κ3) is 2.87. The number of amides is 2. The third-order valence-electron chi connectivity index (χ3n) is 4.70. The van der Waals surface area contributed by atoms with Crippen LogP contribution in [0.1, 0.15) is 10.4 Å². The van der Waals surface area contributed by atoms with Crippen molar-refractivity contribution in [1.29, 1.82) is 0 Å². The minimum absolute atomic E-state index is 0.0395. The first-order valence-electron chi connectivity index (χ1n) is 8.44. The van der Waals surface area contributed by atoms with Gasteiger partial charge in [-0.1, -0.05) is 5.16 Å². The van der Waals surface area contributed by atoms with E-state index in [2.05, 4.69) is 5.16 Å². The Morgan fingerprint density at radius 2 is 1.43 bits per heavy atom. The third-order valence-corrected chi connectivity index (χ3v) is 4.70. The molecule has 1 fully saturated rings. The van der Waals surface area contributed by atoms with Gasteiger partial charge in [-0.3, -0.25) is 34.6 Å². The molecule has 2 atom stereocenters. The number of benzene rings is 2. The number of oxime groups is 1. The fraction of sp³-hybridized carbons (Fsp3) is 0.111. The second-order valence-corrected chi connectivity index (χ2v) is 6.40. The standard InChI is InChI=1S/C18H10N4O8/c23-15(9-1-3-11(4-2-9)21(26)27)14-13-16(30-19-14)18(25)20(17(13)24)10-5-7-12(8-6-10)22(28)29/h1-8,13,16H/t13-,16+/m1/s1. The van der Waals surface area contributed by atoms with Crippen molar-refractivity contribution in [2.75, 3.05) is 4.90 Å². The van der Waals surface area contributed by atoms with Gasteiger partial charge in [-0.15, -0.1) is 0 Å². The molecule has 2 aliphatic rings. The first-order chi connectivity index (χ1) is 14.3. The number of imide groups is 1. The Bertz CT molecular complexity index is 1140. The summed E-state index contributed by atoms with van der Waals surface area (Å²) >= 11 is 0. The van der Waals surface area contributed by atoms with Crippen LogP contribution in [-0.4, -0.2) is 39.3 Å². The summed E-state index contributed by atoms with van der Waals surface area (Å²) < 4.78 is 0. The number of hydrogen-bond acceptors (Lipinski definition) is 9. The van der Waals surface area contributed by atoms with Crippen molar-refractivity contribution in [2.24, 2.45) is 11.1 Å². The number of rotatable bonds is 5. The van der Waals surface area contributed by atoms with Crippen molar-refractivity contribution >= 4 is 40.4 Å². The van der Waals surface area contributed by atoms with Gasteiger partial charge in [-0.05, 0) is 24.3 Å². The molecule has 12 nitrogen and oxygen atoms in total. The zero-order valence-electron chi connectivity index (χ0n) is 14.8. The minimum atomic E-state index is -1.33. The van der Waals surface area contributed by atoms with Gasteiger partial charge in [0.1, 0.15) is 11.6 Å². The number of fused-ring (bicyclic) bond motifs is 1. The maximum atomic E-state index is 12.9. The van der Waals surface area contributed by atoms with E-state index in [1.165, 1.54) is 24.3 Å². The van der Waals surface area contributed by atoms with E-state index in [1.807, 2.05) is 0 Å². The van der Waals surface area contributed by atoms with Crippen LogP contribution < -0.4 is 4.90 Å². The summed E-state index contributed by atoms with van der Waals surface area (Å²) in [6, 6.07) is 9.45. The van der Waals surface area contributed by atoms with Gasteiger partial charge in [0.2, 0.25) is 17.8 Å². The van der Waals surface area contributed by atoms with Crippen LogP contribution >= 0.6 is 0 Å². The van der Waals surface area contributed by atoms with Crippen LogP contribution in [0.2, 0.25) is 0 Å². The largest absolute Gasteiger partial charge is 0.381 e. The predicted molar refractivity (Wildman–Crippen MR) is 98.8 cm³/mol. The fourth-order valence-electron chi connectivity index (χ4n) is 3.23. The van der Waals surface area contributed by atoms with Crippen LogP contribution in [-0.2, 0) is 14.4 Å². The van der Waals surface area contributed by atoms with Gasteiger partial charge in [0.15, 0.2) is 0 Å². The average molecular weight is 410 g/mol. The van der Waals surface area contributed by atoms with Crippen molar-refractivity contribution in [3.8, 4) is 0 Å². The lowest BCUT2D eigenvalue weighted by Crippen LogP contribution is -2.34. The molecule has 150 valence electrons. The van der Waals surface area contributed by atoms with E-state index < -0.39 is 39.5 Å². The molecule has 0 spiro atoms. The molecule has 2 aromatic carbocycles. The first-order valence-corrected chi connectivity index (χ1v) is 8.44. The zero-order valence-corrected chi connectivity index (χ0v) is 14.8. The lowest BCUT2D eigenvalue weighted by molar-refractivity contribution is -0.385. The summed E-state index contributed by atoms with van der Waals surface area (Å²) in [6.45, 7) is 0. The van der Waals surface area contributed by atoms with Gasteiger partial charge >= 0.3 is 0 Å². The average Bonchev–Trinajstić information content (AvgIpc) is 3.28. The van der Waals surface area contributed by atoms with Gasteiger partial charge < -0.3 is 4.84 Å². The maximum absolute atomic E-state index is 12.9. The summed E-state index contributed by atoms with van der Waals surface area (Å²) in [6.07, 6.45) is -1.33. The number of non-ortho nitro benzene ring substituents is 2. The minimum Gasteiger partial charge on any atom is -0.381 e. The highest BCUT2D eigenvalue weighted by atomic mass is 16.7. The Balaban J connectivity index is 1.60. The number of nitro groups is 2. The summed E-state index contributed by atoms with van der Waals surface area (Å²) in [7, 11) is 0. The molecular weight excluding hydrogens is 400 g/mol. The summed E-state index contributed by atoms with van der Waals surface area (Å²) in [5.74, 6) is -3.50. The molecule has 2 amide bonds. The molecule has 1 saturated heterocycles. The maximum Gasteiger partial charge on any atom is 0.278 e. The molecule has 2 aliphatic heterocycles. The van der Waals surface area contributed by atoms with E-state index in [0.29, 0.717) is 0 Å². The smallest absolute Gasteiger partial charge is 0.278 e. The molecule has 2 aromatic rings. The number of nitrogens with zero attached hydrogens (tertiary/aromatic N) is 4. The monoisotopic (exact) mass is 410 g/mol. The quantitative estimate of drug-likeness (QED) is 0.311. The Hall–Kier alpha value is -4.48. The van der Waals surface area contributed by atoms with Crippen molar-refractivity contribution < 1.29 is 29.1 Å². The molecule has 0 aromatic heterocycles. The number of nitro benzene ring substituents is 2. The second kappa shape index (κ2) is 6.84. The highest BCUT2D eigenvalue weighted by molar-refractivity contribution is 6.52. The summed E-state index contributed by atoms with van der Waals surface area (Å²) in [5, 5.41) is 25.1. The van der Waals surface area contributed by atoms with Crippen LogP contribution in [0.15, 0.2) is 53.7 Å². The second-order valence-electron chi connectivity index (χ2n) is 6.40. The molecule has 30 heavy (non-hydrogen) atoms. The molecule has 0 unspecified atom stereocenters. The normalized spacial score (nSPS) is 19.9. The van der Waals surface area contributed by atoms with Crippen LogP contribution in [0.3, 0.4) is 0 Å². The number of ketones is 1. The fourth-order valence-corrected chi connectivity index (χ4v) is 3.23. The molecule has 0 radical (unpaired) electrons. The number of carbonyl (C=O) groups excluding carboxylic acids is 3. The molecule has 0 aliphatic carbocycles. The molecule has 0 bridgehead atoms. The molecule has 12 heteroatoms. The van der Waals surface area contributed by atoms with E-state index in [4.69, 9.17) is 4.84 Å². The van der Waals surface area contributed by atoms with Crippen LogP contribution in [0, 0.1) is 26.1 Å². The number of anilines is 1. The predicted octanol–water partition coefficient (Wildman–Crippen LogP) is 1.63. The molecular formula is C18H10N4O8. The van der Waals surface area contributed by atoms with Crippen LogP contribution in [0.5, 0.6) is 0 Å². The molecule has 0 saturated carbocycles. The first kappa shape index (κ1) is 18.9. The van der Waals surface area contributed by atoms with Gasteiger partial charge in [0.25, 0.3) is 17.3 Å². The SMILES string of the molecule is O=C(C1=NO[C@@H]2C(=O)N(c3ccc([N+](=O)[O-])cc3)C(=O)[C@H]12)c1ccc([N+](=O)[O-])cc1. The van der Waals surface area contributed by atoms with Crippen LogP contribution in [0.25, 0.3) is 0 Å². The van der Waals surface area contributed by atoms with E-state index in [-0.39, 0.29) is 28.3 Å². The highest BCUT2D eigenvalue weighted by Gasteiger charge is 2.57. The Morgan fingerprint density at radius 1 is 0.900 bits per heavy atom. The van der Waals surface area contributed by atoms with Gasteiger partial charge in [-0.2, -0.15) is 0 Å². The van der Waals surface area contributed by atoms with Crippen LogP contribution in [0.4, 0.5) is 17.1 Å². The number of carbonyl (C=O) groups is 3. The van der Waals surface area contributed by atoms with Gasteiger partial charge in [-0.25, -0.2) is 4.90 Å². The van der Waals surface area contributed by atoms with E-state index >= 15 is 0 Å². The van der Waals surface area contributed by atoms with Gasteiger partial charge in [0.05, 0.1) is 15.5 Å². The summed E-state index contributed by atoms with van der Waals surface area (Å²) in [5.41, 5.74) is -0.597. The van der Waals surface area contributed by atoms with E-state index in [9.17, 15) is 34.6 Å². The zero-order chi connectivity index (χ0) is 21.6. The van der Waals surface area contributed by atoms with E-state index in [1.54, 1.807) is 0 Å². The number of hydrogen-bond donors (Lipinski definition) is 0. The van der Waals surface area contributed by atoms with Crippen molar-refractivity contribution in [1.82, 2.24) is 0 Å². The van der Waals surface area contributed by atoms with Crippen molar-refractivity contribution in [3.05, 3.63) is 74.3 Å². The molecule has 4 rings (SSSR count). The van der Waals surface area contributed by atoms with Crippen molar-refractivity contribution in [2.45, 2.75) is 6.10 Å². The lowest BCUT2D eigenvalue weighted by atomic mass is 9.93. The van der Waals surface area contributed by atoms with E-state index in [0.717, 1.165) is 29.2 Å². The Kier molecular flexibility index (Phi) is 4.30. The molecule has 0 N–H and O–H groups in total. The Morgan fingerprint density at radius 3 is 1.97 bits per heavy atom. The van der Waals surface area contributed by atoms with Crippen molar-refractivity contribution in [3.63, 3.8) is 0 Å². The van der Waals surface area contributed by atoms with Gasteiger partial charge in [0, 0.05) is 29.8 Å². The number of Topliss-reactive ketones (excluding diaryl/α,β-unsaturated/α-hetero) is 1.